The largest absolute Gasteiger partial charge is 0.494 e. The zero-order valence-electron chi connectivity index (χ0n) is 11.1. The molecule has 1 aromatic rings. The van der Waals surface area contributed by atoms with E-state index in [0.29, 0.717) is 12.2 Å². The first kappa shape index (κ1) is 14.7. The summed E-state index contributed by atoms with van der Waals surface area (Å²) in [5.41, 5.74) is 0.649. The molecule has 0 aliphatic heterocycles. The molecule has 0 amide bonds. The lowest BCUT2D eigenvalue weighted by Crippen LogP contribution is -2.02. The van der Waals surface area contributed by atoms with E-state index in [-0.39, 0.29) is 0 Å². The van der Waals surface area contributed by atoms with Crippen molar-refractivity contribution in [3.8, 4) is 5.75 Å². The Labute approximate surface area is 109 Å². The number of carbonyl (C=O) groups excluding carboxylic acids is 1. The van der Waals surface area contributed by atoms with Crippen molar-refractivity contribution >= 4 is 6.29 Å². The summed E-state index contributed by atoms with van der Waals surface area (Å²) in [6.07, 6.45) is 5.12. The highest BCUT2D eigenvalue weighted by Gasteiger charge is 1.96. The number of hydrogen-bond acceptors (Lipinski definition) is 3. The van der Waals surface area contributed by atoms with Crippen LogP contribution in [0, 0.1) is 0 Å². The van der Waals surface area contributed by atoms with Crippen LogP contribution in [-0.4, -0.2) is 26.1 Å². The van der Waals surface area contributed by atoms with Crippen LogP contribution in [0.3, 0.4) is 0 Å². The van der Waals surface area contributed by atoms with E-state index in [0.717, 1.165) is 44.5 Å². The van der Waals surface area contributed by atoms with E-state index in [2.05, 4.69) is 6.92 Å². The van der Waals surface area contributed by atoms with Gasteiger partial charge in [-0.2, -0.15) is 0 Å². The van der Waals surface area contributed by atoms with Crippen molar-refractivity contribution in [3.63, 3.8) is 0 Å². The molecule has 0 aromatic heterocycles. The van der Waals surface area contributed by atoms with Crippen molar-refractivity contribution in [2.45, 2.75) is 32.6 Å². The number of carbonyl (C=O) groups is 1. The number of benzene rings is 1. The Kier molecular flexibility index (Phi) is 7.89. The van der Waals surface area contributed by atoms with Gasteiger partial charge in [-0.15, -0.1) is 0 Å². The lowest BCUT2D eigenvalue weighted by molar-refractivity contribution is 0.112. The van der Waals surface area contributed by atoms with E-state index in [1.165, 1.54) is 6.42 Å². The van der Waals surface area contributed by atoms with Crippen LogP contribution in [0.5, 0.6) is 5.75 Å². The second kappa shape index (κ2) is 9.66. The van der Waals surface area contributed by atoms with Gasteiger partial charge in [0.25, 0.3) is 0 Å². The number of unbranched alkanes of at least 4 members (excludes halogenated alkanes) is 2. The fourth-order valence-corrected chi connectivity index (χ4v) is 1.52. The predicted octanol–water partition coefficient (Wildman–Crippen LogP) is 3.47. The Balaban J connectivity index is 2.05. The molecule has 0 N–H and O–H groups in total. The van der Waals surface area contributed by atoms with Gasteiger partial charge in [-0.1, -0.05) is 25.5 Å². The maximum absolute atomic E-state index is 10.6. The van der Waals surface area contributed by atoms with Crippen LogP contribution in [0.2, 0.25) is 0 Å². The van der Waals surface area contributed by atoms with Crippen molar-refractivity contribution in [2.75, 3.05) is 19.8 Å². The standard InChI is InChI=1S/C15H22O3/c1-2-3-9-17-10-4-5-11-18-15-8-6-7-14(12-15)13-16/h6-8,12-13H,2-5,9-11H2,1H3. The van der Waals surface area contributed by atoms with Crippen LogP contribution in [0.1, 0.15) is 43.0 Å². The zero-order chi connectivity index (χ0) is 13.1. The molecule has 1 aromatic carbocycles. The molecule has 0 heterocycles. The van der Waals surface area contributed by atoms with Gasteiger partial charge in [0.1, 0.15) is 12.0 Å². The third-order valence-electron chi connectivity index (χ3n) is 2.59. The van der Waals surface area contributed by atoms with Crippen LogP contribution < -0.4 is 4.74 Å². The van der Waals surface area contributed by atoms with Crippen LogP contribution >= 0.6 is 0 Å². The van der Waals surface area contributed by atoms with Gasteiger partial charge in [0.2, 0.25) is 0 Å². The maximum Gasteiger partial charge on any atom is 0.150 e. The van der Waals surface area contributed by atoms with Crippen LogP contribution in [0.25, 0.3) is 0 Å². The molecule has 0 fully saturated rings. The minimum Gasteiger partial charge on any atom is -0.494 e. The lowest BCUT2D eigenvalue weighted by atomic mass is 10.2. The molecule has 18 heavy (non-hydrogen) atoms. The fraction of sp³-hybridized carbons (Fsp3) is 0.533. The van der Waals surface area contributed by atoms with E-state index < -0.39 is 0 Å². The summed E-state index contributed by atoms with van der Waals surface area (Å²) < 4.78 is 11.0. The van der Waals surface area contributed by atoms with E-state index in [1.807, 2.05) is 12.1 Å². The first-order valence-corrected chi connectivity index (χ1v) is 6.62. The molecule has 0 unspecified atom stereocenters. The first-order chi connectivity index (χ1) is 8.86. The predicted molar refractivity (Wildman–Crippen MR) is 72.3 cm³/mol. The number of aldehydes is 1. The Morgan fingerprint density at radius 1 is 1.11 bits per heavy atom. The van der Waals surface area contributed by atoms with E-state index in [4.69, 9.17) is 9.47 Å². The fourth-order valence-electron chi connectivity index (χ4n) is 1.52. The summed E-state index contributed by atoms with van der Waals surface area (Å²) in [7, 11) is 0. The SMILES string of the molecule is CCCCOCCCCOc1cccc(C=O)c1. The molecule has 100 valence electrons. The van der Waals surface area contributed by atoms with Gasteiger partial charge < -0.3 is 9.47 Å². The Bertz CT molecular complexity index is 336. The number of hydrogen-bond donors (Lipinski definition) is 0. The molecule has 0 spiro atoms. The average molecular weight is 250 g/mol. The molecule has 1 rings (SSSR count). The van der Waals surface area contributed by atoms with Crippen molar-refractivity contribution in [1.82, 2.24) is 0 Å². The summed E-state index contributed by atoms with van der Waals surface area (Å²) >= 11 is 0. The summed E-state index contributed by atoms with van der Waals surface area (Å²) in [5.74, 6) is 0.756. The molecule has 3 nitrogen and oxygen atoms in total. The smallest absolute Gasteiger partial charge is 0.150 e. The maximum atomic E-state index is 10.6. The first-order valence-electron chi connectivity index (χ1n) is 6.62. The highest BCUT2D eigenvalue weighted by atomic mass is 16.5. The minimum absolute atomic E-state index is 0.649. The van der Waals surface area contributed by atoms with Gasteiger partial charge in [-0.25, -0.2) is 0 Å². The van der Waals surface area contributed by atoms with Gasteiger partial charge in [0.05, 0.1) is 6.61 Å². The van der Waals surface area contributed by atoms with Gasteiger partial charge in [0.15, 0.2) is 0 Å². The molecule has 3 heteroatoms. The van der Waals surface area contributed by atoms with Crippen molar-refractivity contribution in [3.05, 3.63) is 29.8 Å². The molecule has 0 radical (unpaired) electrons. The normalized spacial score (nSPS) is 10.3. The van der Waals surface area contributed by atoms with Gasteiger partial charge >= 0.3 is 0 Å². The van der Waals surface area contributed by atoms with Crippen molar-refractivity contribution in [1.29, 1.82) is 0 Å². The Morgan fingerprint density at radius 2 is 1.89 bits per heavy atom. The Morgan fingerprint density at radius 3 is 2.67 bits per heavy atom. The lowest BCUT2D eigenvalue weighted by Gasteiger charge is -2.07. The summed E-state index contributed by atoms with van der Waals surface area (Å²) in [6, 6.07) is 7.21. The second-order valence-electron chi connectivity index (χ2n) is 4.21. The Hall–Kier alpha value is -1.35. The second-order valence-corrected chi connectivity index (χ2v) is 4.21. The molecule has 0 atom stereocenters. The highest BCUT2D eigenvalue weighted by molar-refractivity contribution is 5.75. The average Bonchev–Trinajstić information content (AvgIpc) is 2.42. The molecule has 0 bridgehead atoms. The van der Waals surface area contributed by atoms with Crippen molar-refractivity contribution < 1.29 is 14.3 Å². The zero-order valence-corrected chi connectivity index (χ0v) is 11.1. The van der Waals surface area contributed by atoms with Crippen LogP contribution in [0.15, 0.2) is 24.3 Å². The summed E-state index contributed by atoms with van der Waals surface area (Å²) in [6.45, 7) is 4.49. The van der Waals surface area contributed by atoms with E-state index in [9.17, 15) is 4.79 Å². The molecule has 0 saturated carbocycles. The number of rotatable bonds is 10. The minimum atomic E-state index is 0.649. The molecule has 0 aliphatic carbocycles. The van der Waals surface area contributed by atoms with Gasteiger partial charge in [-0.05, 0) is 31.4 Å². The van der Waals surface area contributed by atoms with Crippen LogP contribution in [-0.2, 0) is 4.74 Å². The van der Waals surface area contributed by atoms with Gasteiger partial charge in [-0.3, -0.25) is 4.79 Å². The molecular formula is C15H22O3. The van der Waals surface area contributed by atoms with Crippen LogP contribution in [0.4, 0.5) is 0 Å². The number of ether oxygens (including phenoxy) is 2. The molecule has 0 aliphatic rings. The molecule has 0 saturated heterocycles. The summed E-state index contributed by atoms with van der Waals surface area (Å²) in [5, 5.41) is 0. The quantitative estimate of drug-likeness (QED) is 0.471. The van der Waals surface area contributed by atoms with Crippen molar-refractivity contribution in [2.24, 2.45) is 0 Å². The summed E-state index contributed by atoms with van der Waals surface area (Å²) in [4.78, 5) is 10.6. The third kappa shape index (κ3) is 6.40. The van der Waals surface area contributed by atoms with Gasteiger partial charge in [0, 0.05) is 18.8 Å². The highest BCUT2D eigenvalue weighted by Crippen LogP contribution is 2.12. The monoisotopic (exact) mass is 250 g/mol. The van der Waals surface area contributed by atoms with E-state index in [1.54, 1.807) is 12.1 Å². The third-order valence-corrected chi connectivity index (χ3v) is 2.59. The topological polar surface area (TPSA) is 35.5 Å². The molecular weight excluding hydrogens is 228 g/mol. The van der Waals surface area contributed by atoms with E-state index >= 15 is 0 Å².